The molecule has 1 saturated carbocycles. The lowest BCUT2D eigenvalue weighted by atomic mass is 9.86. The summed E-state index contributed by atoms with van der Waals surface area (Å²) in [6.07, 6.45) is 5.16. The third-order valence-electron chi connectivity index (χ3n) is 5.20. The van der Waals surface area contributed by atoms with Gasteiger partial charge in [-0.2, -0.15) is 0 Å². The van der Waals surface area contributed by atoms with E-state index >= 15 is 0 Å². The zero-order chi connectivity index (χ0) is 15.7. The predicted octanol–water partition coefficient (Wildman–Crippen LogP) is 3.81. The van der Waals surface area contributed by atoms with Crippen LogP contribution in [-0.2, 0) is 6.54 Å². The molecule has 0 amide bonds. The summed E-state index contributed by atoms with van der Waals surface area (Å²) in [6, 6.07) is 6.81. The number of aromatic amines is 1. The van der Waals surface area contributed by atoms with Crippen molar-refractivity contribution in [3.05, 3.63) is 45.2 Å². The van der Waals surface area contributed by atoms with Gasteiger partial charge in [-0.1, -0.05) is 19.8 Å². The second kappa shape index (κ2) is 6.25. The second-order valence-electron chi connectivity index (χ2n) is 6.90. The van der Waals surface area contributed by atoms with Crippen molar-refractivity contribution in [3.8, 4) is 0 Å². The summed E-state index contributed by atoms with van der Waals surface area (Å²) >= 11 is 0. The molecule has 1 fully saturated rings. The lowest BCUT2D eigenvalue weighted by Gasteiger charge is -2.29. The Morgan fingerprint density at radius 1 is 1.14 bits per heavy atom. The molecule has 0 radical (unpaired) electrons. The van der Waals surface area contributed by atoms with E-state index in [1.165, 1.54) is 36.8 Å². The van der Waals surface area contributed by atoms with Crippen molar-refractivity contribution in [1.82, 2.24) is 10.3 Å². The number of hydrogen-bond donors (Lipinski definition) is 2. The van der Waals surface area contributed by atoms with Crippen LogP contribution in [0.25, 0.3) is 10.9 Å². The standard InChI is InChI=1S/C19H26N2O/c1-12-6-4-5-7-17(12)20-11-16-10-15-8-13(2)14(3)9-18(15)21-19(16)22/h8-10,12,17,20H,4-7,11H2,1-3H3,(H,21,22)/t12-,17+/m0/s1. The first-order chi connectivity index (χ1) is 10.5. The minimum atomic E-state index is 0.0340. The Labute approximate surface area is 132 Å². The molecule has 2 aromatic rings. The summed E-state index contributed by atoms with van der Waals surface area (Å²) in [5.41, 5.74) is 4.28. The molecule has 0 bridgehead atoms. The van der Waals surface area contributed by atoms with Gasteiger partial charge in [-0.3, -0.25) is 4.79 Å². The second-order valence-corrected chi connectivity index (χ2v) is 6.90. The Hall–Kier alpha value is -1.61. The number of nitrogens with one attached hydrogen (secondary N) is 2. The summed E-state index contributed by atoms with van der Waals surface area (Å²) < 4.78 is 0. The molecule has 1 aromatic carbocycles. The van der Waals surface area contributed by atoms with Gasteiger partial charge >= 0.3 is 0 Å². The van der Waals surface area contributed by atoms with E-state index in [1.807, 2.05) is 6.07 Å². The van der Waals surface area contributed by atoms with Gasteiger partial charge in [0.2, 0.25) is 0 Å². The molecule has 1 aromatic heterocycles. The van der Waals surface area contributed by atoms with Crippen molar-refractivity contribution in [2.75, 3.05) is 0 Å². The van der Waals surface area contributed by atoms with Crippen LogP contribution in [0.1, 0.15) is 49.3 Å². The monoisotopic (exact) mass is 298 g/mol. The van der Waals surface area contributed by atoms with E-state index in [1.54, 1.807) is 0 Å². The minimum Gasteiger partial charge on any atom is -0.322 e. The molecule has 1 aliphatic carbocycles. The molecule has 0 spiro atoms. The molecule has 22 heavy (non-hydrogen) atoms. The first kappa shape index (κ1) is 15.3. The summed E-state index contributed by atoms with van der Waals surface area (Å²) in [6.45, 7) is 7.16. The van der Waals surface area contributed by atoms with Crippen molar-refractivity contribution in [2.45, 2.75) is 59.0 Å². The molecule has 2 atom stereocenters. The van der Waals surface area contributed by atoms with Gasteiger partial charge in [0.1, 0.15) is 0 Å². The lowest BCUT2D eigenvalue weighted by molar-refractivity contribution is 0.279. The van der Waals surface area contributed by atoms with Gasteiger partial charge in [-0.15, -0.1) is 0 Å². The first-order valence-corrected chi connectivity index (χ1v) is 8.41. The number of aryl methyl sites for hydroxylation is 2. The van der Waals surface area contributed by atoms with Crippen LogP contribution in [0, 0.1) is 19.8 Å². The SMILES string of the molecule is Cc1cc2cc(CN[C@@H]3CCCC[C@@H]3C)c(=O)[nH]c2cc1C. The fourth-order valence-electron chi connectivity index (χ4n) is 3.51. The number of hydrogen-bond acceptors (Lipinski definition) is 2. The van der Waals surface area contributed by atoms with Crippen LogP contribution in [0.5, 0.6) is 0 Å². The molecule has 118 valence electrons. The van der Waals surface area contributed by atoms with Gasteiger partial charge in [-0.25, -0.2) is 0 Å². The highest BCUT2D eigenvalue weighted by Crippen LogP contribution is 2.24. The Bertz CT molecular complexity index is 732. The fraction of sp³-hybridized carbons (Fsp3) is 0.526. The van der Waals surface area contributed by atoms with Gasteiger partial charge in [-0.05, 0) is 67.3 Å². The zero-order valence-corrected chi connectivity index (χ0v) is 13.8. The first-order valence-electron chi connectivity index (χ1n) is 8.41. The van der Waals surface area contributed by atoms with E-state index in [-0.39, 0.29) is 5.56 Å². The maximum atomic E-state index is 12.3. The molecule has 3 rings (SSSR count). The average molecular weight is 298 g/mol. The molecule has 3 heteroatoms. The van der Waals surface area contributed by atoms with Crippen LogP contribution in [0.15, 0.2) is 23.0 Å². The van der Waals surface area contributed by atoms with Crippen LogP contribution >= 0.6 is 0 Å². The summed E-state index contributed by atoms with van der Waals surface area (Å²) in [4.78, 5) is 15.3. The quantitative estimate of drug-likeness (QED) is 0.905. The molecule has 0 unspecified atom stereocenters. The third-order valence-corrected chi connectivity index (χ3v) is 5.20. The highest BCUT2D eigenvalue weighted by atomic mass is 16.1. The number of pyridine rings is 1. The van der Waals surface area contributed by atoms with E-state index in [0.29, 0.717) is 18.5 Å². The Kier molecular flexibility index (Phi) is 4.34. The largest absolute Gasteiger partial charge is 0.322 e. The van der Waals surface area contributed by atoms with Crippen LogP contribution in [0.3, 0.4) is 0 Å². The van der Waals surface area contributed by atoms with Crippen LogP contribution in [0.2, 0.25) is 0 Å². The molecule has 2 N–H and O–H groups in total. The Balaban J connectivity index is 1.83. The highest BCUT2D eigenvalue weighted by molar-refractivity contribution is 5.80. The van der Waals surface area contributed by atoms with Gasteiger partial charge < -0.3 is 10.3 Å². The number of fused-ring (bicyclic) bond motifs is 1. The molecular weight excluding hydrogens is 272 g/mol. The highest BCUT2D eigenvalue weighted by Gasteiger charge is 2.20. The van der Waals surface area contributed by atoms with E-state index in [0.717, 1.165) is 16.5 Å². The van der Waals surface area contributed by atoms with E-state index in [9.17, 15) is 4.79 Å². The maximum absolute atomic E-state index is 12.3. The van der Waals surface area contributed by atoms with Gasteiger partial charge in [0, 0.05) is 23.7 Å². The van der Waals surface area contributed by atoms with E-state index in [2.05, 4.69) is 43.2 Å². The fourth-order valence-corrected chi connectivity index (χ4v) is 3.51. The average Bonchev–Trinajstić information content (AvgIpc) is 2.48. The van der Waals surface area contributed by atoms with Crippen LogP contribution in [-0.4, -0.2) is 11.0 Å². The molecule has 0 aliphatic heterocycles. The molecule has 0 saturated heterocycles. The predicted molar refractivity (Wildman–Crippen MR) is 92.3 cm³/mol. The number of H-pyrrole nitrogens is 1. The smallest absolute Gasteiger partial charge is 0.252 e. The normalized spacial score (nSPS) is 22.1. The van der Waals surface area contributed by atoms with Crippen molar-refractivity contribution in [2.24, 2.45) is 5.92 Å². The number of benzene rings is 1. The topological polar surface area (TPSA) is 44.9 Å². The number of rotatable bonds is 3. The van der Waals surface area contributed by atoms with Gasteiger partial charge in [0.25, 0.3) is 5.56 Å². The van der Waals surface area contributed by atoms with Gasteiger partial charge in [0.15, 0.2) is 0 Å². The van der Waals surface area contributed by atoms with Crippen LogP contribution < -0.4 is 10.9 Å². The summed E-state index contributed by atoms with van der Waals surface area (Å²) in [5.74, 6) is 0.707. The third kappa shape index (κ3) is 3.09. The lowest BCUT2D eigenvalue weighted by Crippen LogP contribution is -2.37. The Morgan fingerprint density at radius 2 is 1.86 bits per heavy atom. The molecular formula is C19H26N2O. The van der Waals surface area contributed by atoms with E-state index in [4.69, 9.17) is 0 Å². The maximum Gasteiger partial charge on any atom is 0.252 e. The zero-order valence-electron chi connectivity index (χ0n) is 13.8. The van der Waals surface area contributed by atoms with Crippen LogP contribution in [0.4, 0.5) is 0 Å². The molecule has 1 aliphatic rings. The minimum absolute atomic E-state index is 0.0340. The molecule has 1 heterocycles. The summed E-state index contributed by atoms with van der Waals surface area (Å²) in [7, 11) is 0. The van der Waals surface area contributed by atoms with Crippen molar-refractivity contribution in [3.63, 3.8) is 0 Å². The molecule has 3 nitrogen and oxygen atoms in total. The summed E-state index contributed by atoms with van der Waals surface area (Å²) in [5, 5.41) is 4.72. The van der Waals surface area contributed by atoms with Gasteiger partial charge in [0.05, 0.1) is 0 Å². The van der Waals surface area contributed by atoms with Crippen molar-refractivity contribution < 1.29 is 0 Å². The Morgan fingerprint density at radius 3 is 2.64 bits per heavy atom. The number of aromatic nitrogens is 1. The van der Waals surface area contributed by atoms with Crippen molar-refractivity contribution >= 4 is 10.9 Å². The van der Waals surface area contributed by atoms with E-state index < -0.39 is 0 Å². The van der Waals surface area contributed by atoms with Crippen molar-refractivity contribution in [1.29, 1.82) is 0 Å².